The van der Waals surface area contributed by atoms with E-state index >= 15 is 0 Å². The van der Waals surface area contributed by atoms with Crippen molar-refractivity contribution in [2.75, 3.05) is 23.7 Å². The number of aryl methyl sites for hydroxylation is 2. The molecule has 2 aromatic rings. The first-order valence-corrected chi connectivity index (χ1v) is 11.4. The van der Waals surface area contributed by atoms with E-state index in [0.29, 0.717) is 18.2 Å². The van der Waals surface area contributed by atoms with Gasteiger partial charge in [-0.25, -0.2) is 9.78 Å². The number of nitrogens with one attached hydrogen (secondary N) is 3. The van der Waals surface area contributed by atoms with Crippen molar-refractivity contribution in [3.8, 4) is 0 Å². The smallest absolute Gasteiger partial charge is 0.321 e. The van der Waals surface area contributed by atoms with Crippen molar-refractivity contribution < 1.29 is 9.59 Å². The summed E-state index contributed by atoms with van der Waals surface area (Å²) in [5.74, 6) is -0.0134. The minimum atomic E-state index is -0.169. The zero-order valence-electron chi connectivity index (χ0n) is 17.6. The fourth-order valence-corrected chi connectivity index (χ4v) is 5.09. The van der Waals surface area contributed by atoms with Gasteiger partial charge in [0.15, 0.2) is 5.13 Å². The summed E-state index contributed by atoms with van der Waals surface area (Å²) in [5.41, 5.74) is 4.24. The molecule has 8 heteroatoms. The number of rotatable bonds is 5. The summed E-state index contributed by atoms with van der Waals surface area (Å²) in [7, 11) is 0. The zero-order chi connectivity index (χ0) is 21.1. The van der Waals surface area contributed by atoms with Crippen LogP contribution in [0.1, 0.15) is 47.4 Å². The molecule has 2 aliphatic rings. The summed E-state index contributed by atoms with van der Waals surface area (Å²) in [5, 5.41) is 9.53. The van der Waals surface area contributed by atoms with Crippen LogP contribution in [0.4, 0.5) is 15.6 Å². The quantitative estimate of drug-likeness (QED) is 0.677. The maximum Gasteiger partial charge on any atom is 0.321 e. The second kappa shape index (κ2) is 9.14. The standard InChI is InChI=1S/C22H29N5O2S/c1-14-7-8-17(11-15(14)2)23-20(28)13-27-10-9-18-19(12-27)30-22(25-18)26-21(29)24-16-5-3-4-6-16/h7-8,11,16H,3-6,9-10,12-13H2,1-2H3,(H,23,28)(H2,24,25,26,29). The van der Waals surface area contributed by atoms with Crippen LogP contribution in [-0.4, -0.2) is 41.0 Å². The lowest BCUT2D eigenvalue weighted by Gasteiger charge is -2.25. The van der Waals surface area contributed by atoms with Crippen LogP contribution in [-0.2, 0) is 17.8 Å². The third kappa shape index (κ3) is 5.17. The van der Waals surface area contributed by atoms with Gasteiger partial charge in [0, 0.05) is 36.1 Å². The SMILES string of the molecule is Cc1ccc(NC(=O)CN2CCc3nc(NC(=O)NC4CCCC4)sc3C2)cc1C. The molecule has 7 nitrogen and oxygen atoms in total. The summed E-state index contributed by atoms with van der Waals surface area (Å²) in [6, 6.07) is 6.07. The lowest BCUT2D eigenvalue weighted by molar-refractivity contribution is -0.117. The Morgan fingerprint density at radius 2 is 1.97 bits per heavy atom. The number of carbonyl (C=O) groups is 2. The van der Waals surface area contributed by atoms with Gasteiger partial charge in [0.05, 0.1) is 12.2 Å². The van der Waals surface area contributed by atoms with Crippen molar-refractivity contribution in [2.24, 2.45) is 0 Å². The maximum absolute atomic E-state index is 12.5. The number of hydrogen-bond acceptors (Lipinski definition) is 5. The third-order valence-corrected chi connectivity index (χ3v) is 6.88. The van der Waals surface area contributed by atoms with E-state index in [1.165, 1.54) is 29.7 Å². The average molecular weight is 428 g/mol. The second-order valence-corrected chi connectivity index (χ2v) is 9.36. The Morgan fingerprint density at radius 3 is 2.73 bits per heavy atom. The number of benzene rings is 1. The summed E-state index contributed by atoms with van der Waals surface area (Å²) >= 11 is 1.50. The van der Waals surface area contributed by atoms with Gasteiger partial charge in [0.1, 0.15) is 0 Å². The van der Waals surface area contributed by atoms with E-state index in [1.54, 1.807) is 0 Å². The summed E-state index contributed by atoms with van der Waals surface area (Å²) in [6.45, 7) is 5.91. The first-order chi connectivity index (χ1) is 14.5. The molecule has 0 bridgehead atoms. The molecule has 0 saturated heterocycles. The van der Waals surface area contributed by atoms with Crippen LogP contribution in [0.3, 0.4) is 0 Å². The minimum absolute atomic E-state index is 0.0134. The van der Waals surface area contributed by atoms with Gasteiger partial charge in [0.25, 0.3) is 0 Å². The lowest BCUT2D eigenvalue weighted by atomic mass is 10.1. The highest BCUT2D eigenvalue weighted by molar-refractivity contribution is 7.15. The Kier molecular flexibility index (Phi) is 6.34. The van der Waals surface area contributed by atoms with Gasteiger partial charge in [-0.3, -0.25) is 15.0 Å². The normalized spacial score (nSPS) is 16.9. The number of amides is 3. The van der Waals surface area contributed by atoms with Gasteiger partial charge in [-0.2, -0.15) is 0 Å². The first kappa shape index (κ1) is 20.8. The van der Waals surface area contributed by atoms with Crippen LogP contribution < -0.4 is 16.0 Å². The summed E-state index contributed by atoms with van der Waals surface area (Å²) < 4.78 is 0. The molecule has 0 spiro atoms. The molecule has 0 unspecified atom stereocenters. The number of anilines is 2. The molecule has 1 aliphatic carbocycles. The Hall–Kier alpha value is -2.45. The number of urea groups is 1. The minimum Gasteiger partial charge on any atom is -0.335 e. The van der Waals surface area contributed by atoms with Crippen molar-refractivity contribution in [2.45, 2.75) is 58.5 Å². The number of nitrogens with zero attached hydrogens (tertiary/aromatic N) is 2. The van der Waals surface area contributed by atoms with E-state index < -0.39 is 0 Å². The summed E-state index contributed by atoms with van der Waals surface area (Å²) in [6.07, 6.45) is 5.27. The van der Waals surface area contributed by atoms with Crippen molar-refractivity contribution in [3.05, 3.63) is 39.9 Å². The van der Waals surface area contributed by atoms with Crippen LogP contribution in [0.15, 0.2) is 18.2 Å². The lowest BCUT2D eigenvalue weighted by Crippen LogP contribution is -2.36. The molecule has 30 heavy (non-hydrogen) atoms. The van der Waals surface area contributed by atoms with Crippen molar-refractivity contribution >= 4 is 34.1 Å². The highest BCUT2D eigenvalue weighted by Crippen LogP contribution is 2.28. The molecule has 1 aromatic carbocycles. The number of hydrogen-bond donors (Lipinski definition) is 3. The number of aromatic nitrogens is 1. The van der Waals surface area contributed by atoms with E-state index in [2.05, 4.69) is 32.8 Å². The predicted molar refractivity (Wildman–Crippen MR) is 120 cm³/mol. The molecule has 1 fully saturated rings. The molecule has 1 aromatic heterocycles. The van der Waals surface area contributed by atoms with Crippen LogP contribution in [0.5, 0.6) is 0 Å². The molecule has 0 radical (unpaired) electrons. The predicted octanol–water partition coefficient (Wildman–Crippen LogP) is 3.82. The summed E-state index contributed by atoms with van der Waals surface area (Å²) in [4.78, 5) is 32.5. The van der Waals surface area contributed by atoms with E-state index in [4.69, 9.17) is 0 Å². The molecule has 3 N–H and O–H groups in total. The number of carbonyl (C=O) groups excluding carboxylic acids is 2. The Balaban J connectivity index is 1.29. The van der Waals surface area contributed by atoms with Gasteiger partial charge in [-0.1, -0.05) is 18.9 Å². The van der Waals surface area contributed by atoms with Gasteiger partial charge in [-0.05, 0) is 49.9 Å². The van der Waals surface area contributed by atoms with Crippen molar-refractivity contribution in [1.82, 2.24) is 15.2 Å². The van der Waals surface area contributed by atoms with E-state index in [9.17, 15) is 9.59 Å². The Bertz CT molecular complexity index is 936. The fraction of sp³-hybridized carbons (Fsp3) is 0.500. The molecule has 4 rings (SSSR count). The molecule has 3 amide bonds. The van der Waals surface area contributed by atoms with E-state index in [-0.39, 0.29) is 18.0 Å². The van der Waals surface area contributed by atoms with E-state index in [0.717, 1.165) is 47.6 Å². The van der Waals surface area contributed by atoms with Crippen LogP contribution in [0, 0.1) is 13.8 Å². The Morgan fingerprint density at radius 1 is 1.17 bits per heavy atom. The van der Waals surface area contributed by atoms with Crippen molar-refractivity contribution in [3.63, 3.8) is 0 Å². The highest BCUT2D eigenvalue weighted by Gasteiger charge is 2.23. The second-order valence-electron chi connectivity index (χ2n) is 8.28. The first-order valence-electron chi connectivity index (χ1n) is 10.6. The van der Waals surface area contributed by atoms with Crippen molar-refractivity contribution in [1.29, 1.82) is 0 Å². The van der Waals surface area contributed by atoms with Gasteiger partial charge in [0.2, 0.25) is 5.91 Å². The molecule has 1 saturated carbocycles. The molecule has 1 aliphatic heterocycles. The fourth-order valence-electron chi connectivity index (χ4n) is 4.05. The van der Waals surface area contributed by atoms with Crippen LogP contribution in [0.25, 0.3) is 0 Å². The molecular formula is C22H29N5O2S. The highest BCUT2D eigenvalue weighted by atomic mass is 32.1. The number of fused-ring (bicyclic) bond motifs is 1. The van der Waals surface area contributed by atoms with Gasteiger partial charge >= 0.3 is 6.03 Å². The largest absolute Gasteiger partial charge is 0.335 e. The topological polar surface area (TPSA) is 86.4 Å². The monoisotopic (exact) mass is 427 g/mol. The third-order valence-electron chi connectivity index (χ3n) is 5.88. The molecule has 160 valence electrons. The molecule has 0 atom stereocenters. The maximum atomic E-state index is 12.5. The van der Waals surface area contributed by atoms with Crippen LogP contribution >= 0.6 is 11.3 Å². The molecular weight excluding hydrogens is 398 g/mol. The molecule has 2 heterocycles. The van der Waals surface area contributed by atoms with Gasteiger partial charge in [-0.15, -0.1) is 11.3 Å². The van der Waals surface area contributed by atoms with Gasteiger partial charge < -0.3 is 10.6 Å². The van der Waals surface area contributed by atoms with Crippen LogP contribution in [0.2, 0.25) is 0 Å². The van der Waals surface area contributed by atoms with E-state index in [1.807, 2.05) is 25.1 Å². The number of thiazole rings is 1. The zero-order valence-corrected chi connectivity index (χ0v) is 18.4. The Labute approximate surface area is 181 Å². The average Bonchev–Trinajstić information content (AvgIpc) is 3.33.